The number of likely N-dealkylation sites (tertiary alicyclic amines) is 2. The summed E-state index contributed by atoms with van der Waals surface area (Å²) < 4.78 is 44.2. The molecule has 1 aliphatic carbocycles. The zero-order chi connectivity index (χ0) is 18.6. The van der Waals surface area contributed by atoms with Crippen molar-refractivity contribution in [2.75, 3.05) is 26.2 Å². The third-order valence-corrected chi connectivity index (χ3v) is 7.09. The average molecular weight is 387 g/mol. The van der Waals surface area contributed by atoms with Crippen LogP contribution in [0.5, 0.6) is 0 Å². The van der Waals surface area contributed by atoms with Gasteiger partial charge in [-0.15, -0.1) is 11.3 Å². The summed E-state index contributed by atoms with van der Waals surface area (Å²) >= 11 is 1.55. The number of rotatable bonds is 3. The molecule has 2 aliphatic heterocycles. The molecule has 3 heterocycles. The molecule has 1 spiro atoms. The second kappa shape index (κ2) is 6.19. The van der Waals surface area contributed by atoms with Gasteiger partial charge in [0, 0.05) is 38.0 Å². The van der Waals surface area contributed by atoms with Crippen molar-refractivity contribution >= 4 is 17.2 Å². The quantitative estimate of drug-likeness (QED) is 0.798. The maximum Gasteiger partial charge on any atom is 0.260 e. The minimum Gasteiger partial charge on any atom is -0.339 e. The first-order valence-electron chi connectivity index (χ1n) is 9.23. The van der Waals surface area contributed by atoms with Gasteiger partial charge in [-0.3, -0.25) is 9.69 Å². The first kappa shape index (κ1) is 18.2. The summed E-state index contributed by atoms with van der Waals surface area (Å²) in [7, 11) is 0. The Balaban J connectivity index is 1.48. The van der Waals surface area contributed by atoms with E-state index in [-0.39, 0.29) is 38.9 Å². The van der Waals surface area contributed by atoms with Crippen LogP contribution in [-0.4, -0.2) is 58.5 Å². The van der Waals surface area contributed by atoms with Crippen LogP contribution in [0.3, 0.4) is 0 Å². The maximum atomic E-state index is 14.8. The van der Waals surface area contributed by atoms with E-state index in [1.165, 1.54) is 4.90 Å². The van der Waals surface area contributed by atoms with Crippen molar-refractivity contribution in [3.05, 3.63) is 16.1 Å². The Labute approximate surface area is 155 Å². The number of piperidine rings is 1. The molecule has 0 aromatic carbocycles. The Kier molecular flexibility index (Phi) is 4.34. The molecule has 4 nitrogen and oxygen atoms in total. The van der Waals surface area contributed by atoms with Crippen LogP contribution in [0.4, 0.5) is 13.2 Å². The van der Waals surface area contributed by atoms with Gasteiger partial charge in [-0.05, 0) is 39.2 Å². The second-order valence-electron chi connectivity index (χ2n) is 8.10. The van der Waals surface area contributed by atoms with Crippen LogP contribution >= 0.6 is 11.3 Å². The lowest BCUT2D eigenvalue weighted by Gasteiger charge is -2.48. The first-order chi connectivity index (χ1) is 12.2. The Hall–Kier alpha value is -1.15. The minimum absolute atomic E-state index is 0.0445. The molecule has 0 bridgehead atoms. The number of alkyl halides is 3. The number of carbonyl (C=O) groups excluding carboxylic acids is 1. The third kappa shape index (κ3) is 2.95. The summed E-state index contributed by atoms with van der Waals surface area (Å²) in [4.78, 5) is 20.3. The number of aromatic nitrogens is 1. The topological polar surface area (TPSA) is 36.4 Å². The summed E-state index contributed by atoms with van der Waals surface area (Å²) in [6, 6.07) is 0. The molecule has 0 N–H and O–H groups in total. The highest BCUT2D eigenvalue weighted by Crippen LogP contribution is 2.50. The Morgan fingerprint density at radius 1 is 1.19 bits per heavy atom. The number of hydrogen-bond acceptors (Lipinski definition) is 4. The van der Waals surface area contributed by atoms with Crippen LogP contribution < -0.4 is 0 Å². The summed E-state index contributed by atoms with van der Waals surface area (Å²) in [6.45, 7) is 3.14. The van der Waals surface area contributed by atoms with Gasteiger partial charge >= 0.3 is 0 Å². The van der Waals surface area contributed by atoms with Crippen molar-refractivity contribution in [3.63, 3.8) is 0 Å². The largest absolute Gasteiger partial charge is 0.339 e. The summed E-state index contributed by atoms with van der Waals surface area (Å²) in [5, 5.41) is 2.92. The van der Waals surface area contributed by atoms with Gasteiger partial charge in [0.15, 0.2) is 5.67 Å². The molecule has 1 unspecified atom stereocenters. The number of halogens is 3. The molecular formula is C18H24F3N3OS. The van der Waals surface area contributed by atoms with Gasteiger partial charge < -0.3 is 4.90 Å². The Bertz CT molecular complexity index is 706. The van der Waals surface area contributed by atoms with Crippen LogP contribution in [-0.2, 0) is 11.3 Å². The summed E-state index contributed by atoms with van der Waals surface area (Å²) in [6.07, 6.45) is 1.09. The maximum absolute atomic E-state index is 14.8. The fraction of sp³-hybridized carbons (Fsp3) is 0.778. The van der Waals surface area contributed by atoms with Crippen LogP contribution in [0.1, 0.15) is 42.8 Å². The van der Waals surface area contributed by atoms with Gasteiger partial charge in [0.05, 0.1) is 16.1 Å². The fourth-order valence-corrected chi connectivity index (χ4v) is 5.09. The lowest BCUT2D eigenvalue weighted by molar-refractivity contribution is -0.181. The van der Waals surface area contributed by atoms with Crippen LogP contribution in [0.25, 0.3) is 0 Å². The van der Waals surface area contributed by atoms with Gasteiger partial charge in [0.25, 0.3) is 11.8 Å². The molecule has 2 saturated heterocycles. The lowest BCUT2D eigenvalue weighted by atomic mass is 9.74. The van der Waals surface area contributed by atoms with Crippen molar-refractivity contribution in [1.29, 1.82) is 0 Å². The predicted molar refractivity (Wildman–Crippen MR) is 93.0 cm³/mol. The fourth-order valence-electron chi connectivity index (χ4n) is 4.49. The Morgan fingerprint density at radius 2 is 1.96 bits per heavy atom. The predicted octanol–water partition coefficient (Wildman–Crippen LogP) is 3.40. The zero-order valence-electron chi connectivity index (χ0n) is 14.9. The normalized spacial score (nSPS) is 30.5. The molecule has 4 rings (SSSR count). The Morgan fingerprint density at radius 3 is 2.58 bits per heavy atom. The van der Waals surface area contributed by atoms with E-state index in [1.807, 2.05) is 17.2 Å². The van der Waals surface area contributed by atoms with Gasteiger partial charge in [0.2, 0.25) is 0 Å². The molecule has 1 saturated carbocycles. The third-order valence-electron chi connectivity index (χ3n) is 6.27. The summed E-state index contributed by atoms with van der Waals surface area (Å²) in [5.74, 6) is -3.41. The van der Waals surface area contributed by atoms with E-state index in [0.29, 0.717) is 25.9 Å². The molecular weight excluding hydrogens is 363 g/mol. The van der Waals surface area contributed by atoms with E-state index in [2.05, 4.69) is 4.98 Å². The van der Waals surface area contributed by atoms with Crippen molar-refractivity contribution in [1.82, 2.24) is 14.8 Å². The average Bonchev–Trinajstić information content (AvgIpc) is 3.15. The molecule has 3 fully saturated rings. The first-order valence-corrected chi connectivity index (χ1v) is 10.1. The standard InChI is InChI=1S/C18H24F3N3OS/c1-13-22-14(10-26-13)9-23-7-5-16(11-23)12-24(8-6-18(16,20)21)15(25)17(19)3-2-4-17/h10H,2-9,11-12H2,1H3. The van der Waals surface area contributed by atoms with Crippen LogP contribution in [0, 0.1) is 12.3 Å². The minimum atomic E-state index is -2.83. The number of hydrogen-bond donors (Lipinski definition) is 0. The van der Waals surface area contributed by atoms with Crippen molar-refractivity contribution in [3.8, 4) is 0 Å². The summed E-state index contributed by atoms with van der Waals surface area (Å²) in [5.41, 5.74) is -2.19. The second-order valence-corrected chi connectivity index (χ2v) is 9.16. The van der Waals surface area contributed by atoms with E-state index >= 15 is 0 Å². The highest BCUT2D eigenvalue weighted by molar-refractivity contribution is 7.09. The number of carbonyl (C=O) groups is 1. The van der Waals surface area contributed by atoms with Crippen LogP contribution in [0.2, 0.25) is 0 Å². The molecule has 0 radical (unpaired) electrons. The van der Waals surface area contributed by atoms with Crippen LogP contribution in [0.15, 0.2) is 5.38 Å². The van der Waals surface area contributed by atoms with E-state index in [4.69, 9.17) is 0 Å². The number of nitrogens with zero attached hydrogens (tertiary/aromatic N) is 3. The highest BCUT2D eigenvalue weighted by Gasteiger charge is 2.61. The molecule has 1 atom stereocenters. The molecule has 1 aromatic rings. The van der Waals surface area contributed by atoms with Crippen molar-refractivity contribution in [2.24, 2.45) is 5.41 Å². The van der Waals surface area contributed by atoms with E-state index in [9.17, 15) is 18.0 Å². The number of thiazole rings is 1. The molecule has 1 amide bonds. The lowest BCUT2D eigenvalue weighted by Crippen LogP contribution is -2.61. The van der Waals surface area contributed by atoms with Gasteiger partial charge in [0.1, 0.15) is 0 Å². The van der Waals surface area contributed by atoms with Gasteiger partial charge in [-0.2, -0.15) is 0 Å². The van der Waals surface area contributed by atoms with Crippen molar-refractivity contribution < 1.29 is 18.0 Å². The molecule has 26 heavy (non-hydrogen) atoms. The zero-order valence-corrected chi connectivity index (χ0v) is 15.8. The molecule has 8 heteroatoms. The molecule has 1 aromatic heterocycles. The molecule has 3 aliphatic rings. The van der Waals surface area contributed by atoms with E-state index < -0.39 is 22.9 Å². The number of aryl methyl sites for hydroxylation is 1. The van der Waals surface area contributed by atoms with Gasteiger partial charge in [-0.25, -0.2) is 18.2 Å². The van der Waals surface area contributed by atoms with Crippen molar-refractivity contribution in [2.45, 2.75) is 57.2 Å². The highest BCUT2D eigenvalue weighted by atomic mass is 32.1. The van der Waals surface area contributed by atoms with E-state index in [0.717, 1.165) is 10.7 Å². The molecule has 144 valence electrons. The number of amides is 1. The SMILES string of the molecule is Cc1nc(CN2CCC3(C2)CN(C(=O)C2(F)CCC2)CCC3(F)F)cs1. The van der Waals surface area contributed by atoms with Gasteiger partial charge in [-0.1, -0.05) is 0 Å². The van der Waals surface area contributed by atoms with E-state index in [1.54, 1.807) is 11.3 Å². The smallest absolute Gasteiger partial charge is 0.260 e. The monoisotopic (exact) mass is 387 g/mol.